The molecule has 3 N–H and O–H groups in total. The number of H-pyrrole nitrogens is 1. The van der Waals surface area contributed by atoms with Crippen molar-refractivity contribution in [2.45, 2.75) is 52.2 Å². The predicted octanol–water partition coefficient (Wildman–Crippen LogP) is 2.45. The largest absolute Gasteiger partial charge is 0.486 e. The van der Waals surface area contributed by atoms with Crippen LogP contribution in [0.25, 0.3) is 11.0 Å². The Bertz CT molecular complexity index is 1540. The molecule has 0 radical (unpaired) electrons. The lowest BCUT2D eigenvalue weighted by Crippen LogP contribution is -2.50. The number of anilines is 1. The summed E-state index contributed by atoms with van der Waals surface area (Å²) in [5.74, 6) is -0.526. The summed E-state index contributed by atoms with van der Waals surface area (Å²) >= 11 is 0. The number of fused-ring (bicyclic) bond motifs is 4. The van der Waals surface area contributed by atoms with Crippen molar-refractivity contribution in [2.24, 2.45) is 10.8 Å². The van der Waals surface area contributed by atoms with E-state index >= 15 is 0 Å². The van der Waals surface area contributed by atoms with Crippen LogP contribution in [0, 0.1) is 10.8 Å². The minimum Gasteiger partial charge on any atom is -0.486 e. The number of nitrogens with zero attached hydrogens (tertiary/aromatic N) is 2. The highest BCUT2D eigenvalue weighted by Crippen LogP contribution is 2.65. The van der Waals surface area contributed by atoms with E-state index in [1.807, 2.05) is 32.9 Å². The Morgan fingerprint density at radius 1 is 1.13 bits per heavy atom. The van der Waals surface area contributed by atoms with E-state index in [9.17, 15) is 19.2 Å². The summed E-state index contributed by atoms with van der Waals surface area (Å²) in [5.41, 5.74) is 0.122. The van der Waals surface area contributed by atoms with Crippen LogP contribution < -0.4 is 15.4 Å². The molecule has 2 fully saturated rings. The Morgan fingerprint density at radius 3 is 2.68 bits per heavy atom. The molecule has 3 aromatic rings. The summed E-state index contributed by atoms with van der Waals surface area (Å²) in [6.45, 7) is 5.92. The molecule has 2 amide bonds. The molecular formula is C27H27N5O6. The molecule has 1 aliphatic carbocycles. The second-order valence-corrected chi connectivity index (χ2v) is 10.9. The molecule has 2 aromatic heterocycles. The van der Waals surface area contributed by atoms with Crippen LogP contribution >= 0.6 is 0 Å². The molecule has 1 saturated carbocycles. The molecule has 0 unspecified atom stereocenters. The van der Waals surface area contributed by atoms with Crippen molar-refractivity contribution in [3.8, 4) is 5.75 Å². The third-order valence-electron chi connectivity index (χ3n) is 8.73. The first-order valence-corrected chi connectivity index (χ1v) is 12.5. The van der Waals surface area contributed by atoms with E-state index < -0.39 is 28.2 Å². The van der Waals surface area contributed by atoms with E-state index in [2.05, 4.69) is 25.6 Å². The molecule has 196 valence electrons. The average Bonchev–Trinajstić information content (AvgIpc) is 3.44. The van der Waals surface area contributed by atoms with Crippen LogP contribution in [0.5, 0.6) is 5.75 Å². The molecule has 1 saturated heterocycles. The lowest BCUT2D eigenvalue weighted by molar-refractivity contribution is -0.165. The van der Waals surface area contributed by atoms with Gasteiger partial charge in [-0.15, -0.1) is 0 Å². The number of benzene rings is 1. The summed E-state index contributed by atoms with van der Waals surface area (Å²) in [7, 11) is 0. The molecule has 6 rings (SSSR count). The van der Waals surface area contributed by atoms with Gasteiger partial charge >= 0.3 is 5.97 Å². The maximum Gasteiger partial charge on any atom is 0.313 e. The van der Waals surface area contributed by atoms with Crippen LogP contribution in [0.1, 0.15) is 55.2 Å². The number of ketones is 1. The van der Waals surface area contributed by atoms with E-state index in [4.69, 9.17) is 9.47 Å². The second kappa shape index (κ2) is 8.11. The molecule has 2 atom stereocenters. The highest BCUT2D eigenvalue weighted by molar-refractivity contribution is 6.10. The number of Topliss-reactive ketones (excluding diaryl/α,β-unsaturated/α-hetero) is 1. The first kappa shape index (κ1) is 24.1. The van der Waals surface area contributed by atoms with Crippen LogP contribution in [-0.2, 0) is 32.1 Å². The van der Waals surface area contributed by atoms with Crippen molar-refractivity contribution in [3.05, 3.63) is 47.5 Å². The van der Waals surface area contributed by atoms with E-state index in [0.29, 0.717) is 41.7 Å². The lowest BCUT2D eigenvalue weighted by Gasteiger charge is -2.35. The van der Waals surface area contributed by atoms with E-state index in [0.717, 1.165) is 11.1 Å². The van der Waals surface area contributed by atoms with Crippen LogP contribution in [0.4, 0.5) is 5.69 Å². The van der Waals surface area contributed by atoms with Crippen molar-refractivity contribution in [2.75, 3.05) is 11.9 Å². The number of carbonyl (C=O) groups is 4. The summed E-state index contributed by atoms with van der Waals surface area (Å²) in [4.78, 5) is 62.2. The highest BCUT2D eigenvalue weighted by atomic mass is 16.6. The van der Waals surface area contributed by atoms with Gasteiger partial charge in [-0.2, -0.15) is 0 Å². The van der Waals surface area contributed by atoms with E-state index in [1.54, 1.807) is 12.3 Å². The number of aromatic amines is 1. The number of hydrogen-bond donors (Lipinski definition) is 3. The minimum atomic E-state index is -1.28. The molecule has 11 nitrogen and oxygen atoms in total. The highest BCUT2D eigenvalue weighted by Gasteiger charge is 2.75. The van der Waals surface area contributed by atoms with Crippen molar-refractivity contribution in [1.82, 2.24) is 20.3 Å². The van der Waals surface area contributed by atoms with Gasteiger partial charge < -0.3 is 25.1 Å². The molecule has 4 heterocycles. The zero-order valence-corrected chi connectivity index (χ0v) is 21.3. The van der Waals surface area contributed by atoms with Crippen molar-refractivity contribution in [3.63, 3.8) is 0 Å². The minimum absolute atomic E-state index is 0.00732. The summed E-state index contributed by atoms with van der Waals surface area (Å²) in [6, 6.07) is 5.47. The molecule has 0 spiro atoms. The molecule has 1 aromatic carbocycles. The molecule has 2 aliphatic heterocycles. The molecular weight excluding hydrogens is 490 g/mol. The number of esters is 1. The Labute approximate surface area is 217 Å². The van der Waals surface area contributed by atoms with Crippen molar-refractivity contribution < 1.29 is 28.7 Å². The Hall–Kier alpha value is -4.28. The third-order valence-corrected chi connectivity index (χ3v) is 8.73. The van der Waals surface area contributed by atoms with Crippen LogP contribution in [0.15, 0.2) is 30.7 Å². The SMILES string of the molecule is CC1(C)[C@@]2(C)CC[C@]1(C(=O)Nc1c[nH]c3c(C(=O)NCc4ccc5c(c4)CC(=O)CO5)ncnc13)OC2=O. The molecule has 11 heteroatoms. The third kappa shape index (κ3) is 3.27. The number of carbonyl (C=O) groups excluding carboxylic acids is 4. The van der Waals surface area contributed by atoms with Gasteiger partial charge in [-0.25, -0.2) is 9.97 Å². The van der Waals surface area contributed by atoms with Gasteiger partial charge in [-0.3, -0.25) is 19.2 Å². The lowest BCUT2D eigenvalue weighted by atomic mass is 9.66. The zero-order valence-electron chi connectivity index (χ0n) is 21.3. The second-order valence-electron chi connectivity index (χ2n) is 10.9. The van der Waals surface area contributed by atoms with Gasteiger partial charge in [0.05, 0.1) is 16.6 Å². The van der Waals surface area contributed by atoms with Gasteiger partial charge in [-0.1, -0.05) is 19.9 Å². The zero-order chi connectivity index (χ0) is 26.9. The van der Waals surface area contributed by atoms with E-state index in [1.165, 1.54) is 6.33 Å². The Kier molecular flexibility index (Phi) is 5.14. The van der Waals surface area contributed by atoms with Crippen LogP contribution in [0.2, 0.25) is 0 Å². The summed E-state index contributed by atoms with van der Waals surface area (Å²) < 4.78 is 11.1. The molecule has 3 aliphatic rings. The fourth-order valence-electron chi connectivity index (χ4n) is 5.89. The fraction of sp³-hybridized carbons (Fsp3) is 0.407. The monoisotopic (exact) mass is 517 g/mol. The van der Waals surface area contributed by atoms with Gasteiger partial charge in [0.25, 0.3) is 11.8 Å². The topological polar surface area (TPSA) is 152 Å². The smallest absolute Gasteiger partial charge is 0.313 e. The van der Waals surface area contributed by atoms with Crippen molar-refractivity contribution in [1.29, 1.82) is 0 Å². The number of amides is 2. The summed E-state index contributed by atoms with van der Waals surface area (Å²) in [6.07, 6.45) is 4.11. The first-order chi connectivity index (χ1) is 18.1. The molecule has 2 bridgehead atoms. The number of rotatable bonds is 5. The van der Waals surface area contributed by atoms with E-state index in [-0.39, 0.29) is 30.6 Å². The van der Waals surface area contributed by atoms with Gasteiger partial charge in [-0.05, 0) is 37.5 Å². The fourth-order valence-corrected chi connectivity index (χ4v) is 5.89. The normalized spacial score (nSPS) is 25.0. The Morgan fingerprint density at radius 2 is 1.95 bits per heavy atom. The predicted molar refractivity (Wildman–Crippen MR) is 134 cm³/mol. The van der Waals surface area contributed by atoms with Crippen LogP contribution in [0.3, 0.4) is 0 Å². The van der Waals surface area contributed by atoms with Gasteiger partial charge in [0, 0.05) is 30.1 Å². The quantitative estimate of drug-likeness (QED) is 0.437. The number of hydrogen-bond acceptors (Lipinski definition) is 8. The summed E-state index contributed by atoms with van der Waals surface area (Å²) in [5, 5.41) is 5.71. The Balaban J connectivity index is 1.20. The van der Waals surface area contributed by atoms with Crippen LogP contribution in [-0.4, -0.2) is 50.7 Å². The number of nitrogens with one attached hydrogen (secondary N) is 3. The van der Waals surface area contributed by atoms with Gasteiger partial charge in [0.2, 0.25) is 0 Å². The van der Waals surface area contributed by atoms with Gasteiger partial charge in [0.15, 0.2) is 17.1 Å². The van der Waals surface area contributed by atoms with Crippen molar-refractivity contribution >= 4 is 40.3 Å². The number of aromatic nitrogens is 3. The average molecular weight is 518 g/mol. The van der Waals surface area contributed by atoms with Gasteiger partial charge in [0.1, 0.15) is 24.2 Å². The maximum atomic E-state index is 13.5. The standard InChI is InChI=1S/C27H27N5O6/c1-25(2)26(3)6-7-27(25,38-24(26)36)23(35)32-17-11-28-20-19(17)30-13-31-21(20)22(34)29-10-14-4-5-18-15(8-14)9-16(33)12-37-18/h4-5,8,11,13,28H,6-7,9-10,12H2,1-3H3,(H,29,34)(H,32,35)/t26-,27+/m0/s1. The molecule has 38 heavy (non-hydrogen) atoms. The maximum absolute atomic E-state index is 13.5. The first-order valence-electron chi connectivity index (χ1n) is 12.5. The number of ether oxygens (including phenoxy) is 2.